The molecule has 1 fully saturated rings. The highest BCUT2D eigenvalue weighted by atomic mass is 16.5. The molecule has 1 saturated heterocycles. The van der Waals surface area contributed by atoms with Gasteiger partial charge in [-0.3, -0.25) is 0 Å². The van der Waals surface area contributed by atoms with Crippen LogP contribution in [-0.4, -0.2) is 19.3 Å². The van der Waals surface area contributed by atoms with Gasteiger partial charge in [-0.2, -0.15) is 5.26 Å². The van der Waals surface area contributed by atoms with Gasteiger partial charge in [0, 0.05) is 18.9 Å². The summed E-state index contributed by atoms with van der Waals surface area (Å²) in [5.41, 5.74) is 1.05. The van der Waals surface area contributed by atoms with Crippen molar-refractivity contribution in [3.8, 4) is 11.8 Å². The summed E-state index contributed by atoms with van der Waals surface area (Å²) in [7, 11) is 1.69. The first-order valence-corrected chi connectivity index (χ1v) is 7.21. The number of nitrogens with zero attached hydrogens (tertiary/aromatic N) is 1. The number of hydrogen-bond donors (Lipinski definition) is 0. The summed E-state index contributed by atoms with van der Waals surface area (Å²) in [6.07, 6.45) is 2.52. The first-order valence-electron chi connectivity index (χ1n) is 7.21. The molecule has 0 radical (unpaired) electrons. The van der Waals surface area contributed by atoms with E-state index in [1.165, 1.54) is 0 Å². The van der Waals surface area contributed by atoms with Crippen LogP contribution in [0.25, 0.3) is 0 Å². The highest BCUT2D eigenvalue weighted by Crippen LogP contribution is 2.42. The normalized spacial score (nSPS) is 22.8. The second kappa shape index (κ2) is 6.28. The first-order chi connectivity index (χ1) is 9.57. The number of rotatable bonds is 4. The maximum atomic E-state index is 9.20. The monoisotopic (exact) mass is 273 g/mol. The van der Waals surface area contributed by atoms with Crippen molar-refractivity contribution in [2.75, 3.05) is 13.7 Å². The third-order valence-corrected chi connectivity index (χ3v) is 4.15. The predicted molar refractivity (Wildman–Crippen MR) is 78.7 cm³/mol. The summed E-state index contributed by atoms with van der Waals surface area (Å²) in [5.74, 6) is 1.58. The quantitative estimate of drug-likeness (QED) is 0.835. The van der Waals surface area contributed by atoms with Crippen LogP contribution in [0.15, 0.2) is 24.3 Å². The number of para-hydroxylation sites is 1. The van der Waals surface area contributed by atoms with Gasteiger partial charge in [0.2, 0.25) is 0 Å². The van der Waals surface area contributed by atoms with Gasteiger partial charge in [0.25, 0.3) is 0 Å². The Labute approximate surface area is 121 Å². The lowest BCUT2D eigenvalue weighted by Gasteiger charge is -2.39. The molecule has 2 rings (SSSR count). The molecule has 1 aliphatic rings. The topological polar surface area (TPSA) is 42.2 Å². The van der Waals surface area contributed by atoms with E-state index in [-0.39, 0.29) is 11.5 Å². The molecule has 0 unspecified atom stereocenters. The van der Waals surface area contributed by atoms with Gasteiger partial charge >= 0.3 is 0 Å². The van der Waals surface area contributed by atoms with Crippen LogP contribution in [0, 0.1) is 17.2 Å². The molecule has 1 aromatic rings. The van der Waals surface area contributed by atoms with Gasteiger partial charge in [0.05, 0.1) is 18.8 Å². The van der Waals surface area contributed by atoms with E-state index in [2.05, 4.69) is 26.0 Å². The SMILES string of the molecule is COc1ccccc1[C@H](CC#N)[C@@H]1CCOC(C)(C)C1. The third kappa shape index (κ3) is 3.32. The fourth-order valence-electron chi connectivity index (χ4n) is 3.22. The Kier molecular flexibility index (Phi) is 4.67. The smallest absolute Gasteiger partial charge is 0.122 e. The zero-order valence-corrected chi connectivity index (χ0v) is 12.6. The van der Waals surface area contributed by atoms with Crippen LogP contribution in [0.2, 0.25) is 0 Å². The number of benzene rings is 1. The van der Waals surface area contributed by atoms with Gasteiger partial charge in [0.1, 0.15) is 5.75 Å². The summed E-state index contributed by atoms with van der Waals surface area (Å²) >= 11 is 0. The molecule has 3 heteroatoms. The van der Waals surface area contributed by atoms with Crippen molar-refractivity contribution in [3.63, 3.8) is 0 Å². The van der Waals surface area contributed by atoms with E-state index in [0.29, 0.717) is 12.3 Å². The Morgan fingerprint density at radius 3 is 2.85 bits per heavy atom. The molecular formula is C17H23NO2. The maximum absolute atomic E-state index is 9.20. The highest BCUT2D eigenvalue weighted by molar-refractivity contribution is 5.37. The summed E-state index contributed by atoms with van der Waals surface area (Å²) < 4.78 is 11.3. The van der Waals surface area contributed by atoms with Crippen molar-refractivity contribution in [1.29, 1.82) is 5.26 Å². The zero-order chi connectivity index (χ0) is 14.6. The van der Waals surface area contributed by atoms with Crippen LogP contribution in [0.1, 0.15) is 44.6 Å². The molecule has 0 saturated carbocycles. The Balaban J connectivity index is 2.29. The highest BCUT2D eigenvalue weighted by Gasteiger charge is 2.35. The molecule has 1 aliphatic heterocycles. The number of nitriles is 1. The lowest BCUT2D eigenvalue weighted by Crippen LogP contribution is -2.36. The second-order valence-corrected chi connectivity index (χ2v) is 6.07. The van der Waals surface area contributed by atoms with E-state index in [4.69, 9.17) is 9.47 Å². The lowest BCUT2D eigenvalue weighted by atomic mass is 9.75. The molecule has 3 nitrogen and oxygen atoms in total. The summed E-state index contributed by atoms with van der Waals surface area (Å²) in [6.45, 7) is 5.03. The van der Waals surface area contributed by atoms with Gasteiger partial charge in [-0.15, -0.1) is 0 Å². The van der Waals surface area contributed by atoms with Crippen LogP contribution in [0.4, 0.5) is 0 Å². The Bertz CT molecular complexity index is 490. The molecule has 1 heterocycles. The molecule has 2 atom stereocenters. The predicted octanol–water partition coefficient (Wildman–Crippen LogP) is 3.90. The Hall–Kier alpha value is -1.53. The van der Waals surface area contributed by atoms with Crippen molar-refractivity contribution in [1.82, 2.24) is 0 Å². The fraction of sp³-hybridized carbons (Fsp3) is 0.588. The molecule has 0 aliphatic carbocycles. The van der Waals surface area contributed by atoms with E-state index >= 15 is 0 Å². The van der Waals surface area contributed by atoms with E-state index in [1.54, 1.807) is 7.11 Å². The first kappa shape index (κ1) is 14.9. The van der Waals surface area contributed by atoms with Crippen molar-refractivity contribution < 1.29 is 9.47 Å². The molecule has 0 amide bonds. The molecular weight excluding hydrogens is 250 g/mol. The van der Waals surface area contributed by atoms with Crippen molar-refractivity contribution in [2.45, 2.75) is 44.6 Å². The Morgan fingerprint density at radius 1 is 1.45 bits per heavy atom. The van der Waals surface area contributed by atoms with Gasteiger partial charge in [-0.1, -0.05) is 18.2 Å². The largest absolute Gasteiger partial charge is 0.496 e. The molecule has 0 aromatic heterocycles. The zero-order valence-electron chi connectivity index (χ0n) is 12.6. The van der Waals surface area contributed by atoms with E-state index in [9.17, 15) is 5.26 Å². The van der Waals surface area contributed by atoms with Gasteiger partial charge in [-0.05, 0) is 44.2 Å². The van der Waals surface area contributed by atoms with E-state index in [1.807, 2.05) is 18.2 Å². The van der Waals surface area contributed by atoms with E-state index in [0.717, 1.165) is 30.8 Å². The molecule has 0 N–H and O–H groups in total. The fourth-order valence-corrected chi connectivity index (χ4v) is 3.22. The number of hydrogen-bond acceptors (Lipinski definition) is 3. The van der Waals surface area contributed by atoms with Crippen molar-refractivity contribution in [2.24, 2.45) is 5.92 Å². The second-order valence-electron chi connectivity index (χ2n) is 6.07. The van der Waals surface area contributed by atoms with Crippen LogP contribution < -0.4 is 4.74 Å². The summed E-state index contributed by atoms with van der Waals surface area (Å²) in [6, 6.07) is 10.4. The molecule has 0 bridgehead atoms. The Morgan fingerprint density at radius 2 is 2.20 bits per heavy atom. The minimum absolute atomic E-state index is 0.0986. The molecule has 108 valence electrons. The van der Waals surface area contributed by atoms with E-state index < -0.39 is 0 Å². The van der Waals surface area contributed by atoms with Crippen molar-refractivity contribution in [3.05, 3.63) is 29.8 Å². The molecule has 0 spiro atoms. The van der Waals surface area contributed by atoms with Gasteiger partial charge in [0.15, 0.2) is 0 Å². The third-order valence-electron chi connectivity index (χ3n) is 4.15. The molecule has 1 aromatic carbocycles. The van der Waals surface area contributed by atoms with Crippen LogP contribution >= 0.6 is 0 Å². The van der Waals surface area contributed by atoms with Crippen LogP contribution in [0.3, 0.4) is 0 Å². The molecule has 20 heavy (non-hydrogen) atoms. The average molecular weight is 273 g/mol. The van der Waals surface area contributed by atoms with Crippen LogP contribution in [0.5, 0.6) is 5.75 Å². The van der Waals surface area contributed by atoms with Gasteiger partial charge < -0.3 is 9.47 Å². The van der Waals surface area contributed by atoms with Gasteiger partial charge in [-0.25, -0.2) is 0 Å². The standard InChI is InChI=1S/C17H23NO2/c1-17(2)12-13(9-11-20-17)14(8-10-18)15-6-4-5-7-16(15)19-3/h4-7,13-14H,8-9,11-12H2,1-3H3/t13-,14-/m1/s1. The number of methoxy groups -OCH3 is 1. The minimum atomic E-state index is -0.0986. The summed E-state index contributed by atoms with van der Waals surface area (Å²) in [5, 5.41) is 9.20. The van der Waals surface area contributed by atoms with Crippen LogP contribution in [-0.2, 0) is 4.74 Å². The average Bonchev–Trinajstić information content (AvgIpc) is 2.43. The maximum Gasteiger partial charge on any atom is 0.122 e. The summed E-state index contributed by atoms with van der Waals surface area (Å²) in [4.78, 5) is 0. The van der Waals surface area contributed by atoms with Crippen molar-refractivity contribution >= 4 is 0 Å². The lowest BCUT2D eigenvalue weighted by molar-refractivity contribution is -0.0766. The minimum Gasteiger partial charge on any atom is -0.496 e. The number of ether oxygens (including phenoxy) is 2.